The Morgan fingerprint density at radius 3 is 2.91 bits per heavy atom. The number of H-pyrrole nitrogens is 1. The van der Waals surface area contributed by atoms with Crippen LogP contribution in [0.2, 0.25) is 0 Å². The van der Waals surface area contributed by atoms with Crippen molar-refractivity contribution < 1.29 is 9.21 Å². The third-order valence-electron chi connectivity index (χ3n) is 3.32. The quantitative estimate of drug-likeness (QED) is 0.426. The van der Waals surface area contributed by atoms with Gasteiger partial charge in [0.05, 0.1) is 5.75 Å². The number of aromatic amines is 1. The van der Waals surface area contributed by atoms with E-state index in [0.29, 0.717) is 16.5 Å². The fourth-order valence-electron chi connectivity index (χ4n) is 2.26. The molecular weight excluding hydrogens is 312 g/mol. The van der Waals surface area contributed by atoms with Gasteiger partial charge in [-0.25, -0.2) is 4.98 Å². The average Bonchev–Trinajstić information content (AvgIpc) is 2.96. The van der Waals surface area contributed by atoms with Gasteiger partial charge in [-0.15, -0.1) is 0 Å². The number of aromatic nitrogens is 2. The van der Waals surface area contributed by atoms with Crippen molar-refractivity contribution in [2.24, 2.45) is 0 Å². The lowest BCUT2D eigenvalue weighted by molar-refractivity contribution is 0.0994. The second-order valence-corrected chi connectivity index (χ2v) is 6.12. The molecule has 0 aliphatic rings. The van der Waals surface area contributed by atoms with Crippen LogP contribution in [0.4, 0.5) is 0 Å². The van der Waals surface area contributed by atoms with Crippen LogP contribution in [0.5, 0.6) is 0 Å². The molecule has 0 spiro atoms. The number of ketones is 1. The van der Waals surface area contributed by atoms with Crippen LogP contribution < -0.4 is 5.56 Å². The van der Waals surface area contributed by atoms with Gasteiger partial charge in [0.15, 0.2) is 10.9 Å². The van der Waals surface area contributed by atoms with Gasteiger partial charge in [0.25, 0.3) is 5.56 Å². The Kier molecular flexibility index (Phi) is 4.62. The molecule has 23 heavy (non-hydrogen) atoms. The Labute approximate surface area is 137 Å². The molecule has 1 aromatic carbocycles. The van der Waals surface area contributed by atoms with Crippen LogP contribution in [0.15, 0.2) is 50.8 Å². The topological polar surface area (TPSA) is 76.0 Å². The monoisotopic (exact) mass is 328 g/mol. The summed E-state index contributed by atoms with van der Waals surface area (Å²) < 4.78 is 5.55. The molecule has 0 fully saturated rings. The molecule has 118 valence electrons. The number of nitrogens with zero attached hydrogens (tertiary/aromatic N) is 1. The lowest BCUT2D eigenvalue weighted by Crippen LogP contribution is -2.11. The van der Waals surface area contributed by atoms with Crippen molar-refractivity contribution in [3.8, 4) is 0 Å². The van der Waals surface area contributed by atoms with Crippen LogP contribution in [0, 0.1) is 0 Å². The number of para-hydroxylation sites is 1. The third kappa shape index (κ3) is 3.71. The van der Waals surface area contributed by atoms with Crippen LogP contribution in [0.25, 0.3) is 11.0 Å². The first-order valence-corrected chi connectivity index (χ1v) is 8.39. The maximum absolute atomic E-state index is 12.2. The molecule has 5 nitrogen and oxygen atoms in total. The van der Waals surface area contributed by atoms with E-state index in [0.717, 1.165) is 23.9 Å². The molecule has 2 heterocycles. The molecule has 0 atom stereocenters. The predicted molar refractivity (Wildman–Crippen MR) is 90.1 cm³/mol. The zero-order valence-electron chi connectivity index (χ0n) is 12.7. The summed E-state index contributed by atoms with van der Waals surface area (Å²) in [5.41, 5.74) is 1.24. The van der Waals surface area contributed by atoms with Gasteiger partial charge in [0, 0.05) is 17.1 Å². The second-order valence-electron chi connectivity index (χ2n) is 5.15. The normalized spacial score (nSPS) is 11.0. The summed E-state index contributed by atoms with van der Waals surface area (Å²) in [6, 6.07) is 10.7. The summed E-state index contributed by atoms with van der Waals surface area (Å²) in [7, 11) is 0. The molecule has 0 unspecified atom stereocenters. The maximum Gasteiger partial charge on any atom is 0.251 e. The second kappa shape index (κ2) is 6.83. The minimum Gasteiger partial charge on any atom is -0.453 e. The van der Waals surface area contributed by atoms with Crippen molar-refractivity contribution in [2.75, 3.05) is 5.75 Å². The van der Waals surface area contributed by atoms with Gasteiger partial charge in [-0.1, -0.05) is 43.3 Å². The van der Waals surface area contributed by atoms with Crippen molar-refractivity contribution in [3.05, 3.63) is 58.2 Å². The van der Waals surface area contributed by atoms with E-state index in [-0.39, 0.29) is 17.1 Å². The first kappa shape index (κ1) is 15.6. The highest BCUT2D eigenvalue weighted by atomic mass is 32.2. The zero-order chi connectivity index (χ0) is 16.2. The van der Waals surface area contributed by atoms with E-state index in [1.807, 2.05) is 31.2 Å². The molecule has 3 aromatic rings. The van der Waals surface area contributed by atoms with Gasteiger partial charge in [0.1, 0.15) is 5.58 Å². The number of thioether (sulfide) groups is 1. The number of furan rings is 1. The third-order valence-corrected chi connectivity index (χ3v) is 4.19. The van der Waals surface area contributed by atoms with E-state index in [2.05, 4.69) is 9.97 Å². The molecule has 0 saturated carbocycles. The van der Waals surface area contributed by atoms with Gasteiger partial charge in [0.2, 0.25) is 5.78 Å². The van der Waals surface area contributed by atoms with Crippen molar-refractivity contribution in [3.63, 3.8) is 0 Å². The molecule has 2 aromatic heterocycles. The number of aryl methyl sites for hydroxylation is 1. The average molecular weight is 328 g/mol. The smallest absolute Gasteiger partial charge is 0.251 e. The number of carbonyl (C=O) groups is 1. The maximum atomic E-state index is 12.2. The molecule has 0 amide bonds. The van der Waals surface area contributed by atoms with Gasteiger partial charge in [-0.2, -0.15) is 0 Å². The number of benzene rings is 1. The molecule has 1 N–H and O–H groups in total. The Hall–Kier alpha value is -2.34. The van der Waals surface area contributed by atoms with E-state index < -0.39 is 0 Å². The van der Waals surface area contributed by atoms with Gasteiger partial charge in [-0.05, 0) is 18.6 Å². The summed E-state index contributed by atoms with van der Waals surface area (Å²) in [5.74, 6) is 0.360. The predicted octanol–water partition coefficient (Wildman–Crippen LogP) is 3.44. The number of hydrogen-bond donors (Lipinski definition) is 1. The van der Waals surface area contributed by atoms with E-state index in [1.54, 1.807) is 6.07 Å². The summed E-state index contributed by atoms with van der Waals surface area (Å²) in [6.45, 7) is 2.03. The fourth-order valence-corrected chi connectivity index (χ4v) is 3.02. The van der Waals surface area contributed by atoms with Gasteiger partial charge >= 0.3 is 0 Å². The Morgan fingerprint density at radius 1 is 1.30 bits per heavy atom. The molecule has 0 saturated heterocycles. The van der Waals surface area contributed by atoms with Crippen molar-refractivity contribution in [1.82, 2.24) is 9.97 Å². The molecule has 6 heteroatoms. The van der Waals surface area contributed by atoms with Crippen LogP contribution in [0.1, 0.15) is 29.6 Å². The van der Waals surface area contributed by atoms with E-state index >= 15 is 0 Å². The highest BCUT2D eigenvalue weighted by Crippen LogP contribution is 2.21. The van der Waals surface area contributed by atoms with Crippen LogP contribution in [0.3, 0.4) is 0 Å². The molecule has 0 radical (unpaired) electrons. The fraction of sp³-hybridized carbons (Fsp3) is 0.235. The minimum absolute atomic E-state index is 0.130. The highest BCUT2D eigenvalue weighted by molar-refractivity contribution is 7.99. The van der Waals surface area contributed by atoms with E-state index in [4.69, 9.17) is 4.42 Å². The first-order chi connectivity index (χ1) is 11.2. The van der Waals surface area contributed by atoms with Crippen molar-refractivity contribution >= 4 is 28.5 Å². The van der Waals surface area contributed by atoms with Crippen molar-refractivity contribution in [2.45, 2.75) is 24.9 Å². The van der Waals surface area contributed by atoms with Crippen LogP contribution >= 0.6 is 11.8 Å². The van der Waals surface area contributed by atoms with Gasteiger partial charge in [-0.3, -0.25) is 9.59 Å². The molecular formula is C17H16N2O3S. The van der Waals surface area contributed by atoms with Crippen molar-refractivity contribution in [1.29, 1.82) is 0 Å². The molecule has 0 bridgehead atoms. The summed E-state index contributed by atoms with van der Waals surface area (Å²) >= 11 is 1.21. The number of carbonyl (C=O) groups excluding carboxylic acids is 1. The van der Waals surface area contributed by atoms with Crippen LogP contribution in [-0.2, 0) is 6.42 Å². The number of hydrogen-bond acceptors (Lipinski definition) is 5. The summed E-state index contributed by atoms with van der Waals surface area (Å²) in [4.78, 5) is 30.9. The van der Waals surface area contributed by atoms with Gasteiger partial charge < -0.3 is 9.40 Å². The molecule has 0 aliphatic carbocycles. The first-order valence-electron chi connectivity index (χ1n) is 7.40. The number of rotatable bonds is 6. The lowest BCUT2D eigenvalue weighted by Gasteiger charge is -2.02. The van der Waals surface area contributed by atoms with E-state index in [9.17, 15) is 9.59 Å². The standard InChI is InChI=1S/C17H16N2O3S/c1-2-5-12-9-16(21)19-17(18-12)23-10-13(20)15-8-11-6-3-4-7-14(11)22-15/h3-4,6-9H,2,5,10H2,1H3,(H,18,19,21). The Morgan fingerprint density at radius 2 is 2.13 bits per heavy atom. The SMILES string of the molecule is CCCc1cc(=O)[nH]c(SCC(=O)c2cc3ccccc3o2)n1. The number of Topliss-reactive ketones (excluding diaryl/α,β-unsaturated/α-hetero) is 1. The summed E-state index contributed by atoms with van der Waals surface area (Å²) in [6.07, 6.45) is 1.66. The largest absolute Gasteiger partial charge is 0.453 e. The highest BCUT2D eigenvalue weighted by Gasteiger charge is 2.13. The molecule has 3 rings (SSSR count). The van der Waals surface area contributed by atoms with Crippen LogP contribution in [-0.4, -0.2) is 21.5 Å². The Bertz CT molecular complexity index is 865. The molecule has 0 aliphatic heterocycles. The number of nitrogens with one attached hydrogen (secondary N) is 1. The Balaban J connectivity index is 1.72. The minimum atomic E-state index is -0.192. The zero-order valence-corrected chi connectivity index (χ0v) is 13.5. The van der Waals surface area contributed by atoms with E-state index in [1.165, 1.54) is 17.8 Å². The number of fused-ring (bicyclic) bond motifs is 1. The summed E-state index contributed by atoms with van der Waals surface area (Å²) in [5, 5.41) is 1.36. The lowest BCUT2D eigenvalue weighted by atomic mass is 10.2.